The van der Waals surface area contributed by atoms with Crippen molar-refractivity contribution in [1.29, 1.82) is 0 Å². The van der Waals surface area contributed by atoms with Crippen LogP contribution in [0.5, 0.6) is 0 Å². The van der Waals surface area contributed by atoms with E-state index < -0.39 is 0 Å². The van der Waals surface area contributed by atoms with Crippen molar-refractivity contribution in [2.24, 2.45) is 10.9 Å². The van der Waals surface area contributed by atoms with Crippen LogP contribution in [0.1, 0.15) is 25.0 Å². The van der Waals surface area contributed by atoms with Crippen LogP contribution in [-0.4, -0.2) is 35.4 Å². The maximum absolute atomic E-state index is 13.2. The van der Waals surface area contributed by atoms with Crippen molar-refractivity contribution >= 4 is 29.9 Å². The van der Waals surface area contributed by atoms with Gasteiger partial charge in [-0.2, -0.15) is 5.10 Å². The van der Waals surface area contributed by atoms with E-state index in [0.29, 0.717) is 5.92 Å². The highest BCUT2D eigenvalue weighted by molar-refractivity contribution is 14.0. The van der Waals surface area contributed by atoms with Gasteiger partial charge in [0.1, 0.15) is 5.82 Å². The van der Waals surface area contributed by atoms with Crippen molar-refractivity contribution in [2.45, 2.75) is 33.7 Å². The molecular formula is C19H29FIN5. The molecule has 1 aromatic heterocycles. The molecule has 0 spiro atoms. The predicted octanol–water partition coefficient (Wildman–Crippen LogP) is 3.38. The Morgan fingerprint density at radius 2 is 2.15 bits per heavy atom. The number of halogens is 2. The number of benzene rings is 1. The summed E-state index contributed by atoms with van der Waals surface area (Å²) in [5, 5.41) is 10.8. The number of nitrogens with zero attached hydrogens (tertiary/aromatic N) is 3. The molecule has 0 aliphatic heterocycles. The standard InChI is InChI=1S/C19H28FN5.HI/c1-4-21-19(23-13-15(2)14-25-11-5-9-24-25)22-10-8-17-6-7-18(20)12-16(17)3;/h5-7,9,11-12,15H,4,8,10,13-14H2,1-3H3,(H2,21,22,23);1H. The van der Waals surface area contributed by atoms with E-state index in [2.05, 4.69) is 34.6 Å². The first kappa shape index (κ1) is 22.4. The van der Waals surface area contributed by atoms with Gasteiger partial charge in [-0.25, -0.2) is 4.39 Å². The second-order valence-electron chi connectivity index (χ2n) is 6.30. The molecule has 1 aromatic carbocycles. The van der Waals surface area contributed by atoms with E-state index in [9.17, 15) is 4.39 Å². The molecule has 144 valence electrons. The van der Waals surface area contributed by atoms with Gasteiger partial charge < -0.3 is 10.6 Å². The zero-order valence-electron chi connectivity index (χ0n) is 15.7. The second kappa shape index (κ2) is 11.9. The number of guanidine groups is 1. The van der Waals surface area contributed by atoms with Gasteiger partial charge in [-0.3, -0.25) is 9.67 Å². The van der Waals surface area contributed by atoms with Gasteiger partial charge in [0.25, 0.3) is 0 Å². The minimum Gasteiger partial charge on any atom is -0.357 e. The van der Waals surface area contributed by atoms with Crippen LogP contribution in [0.15, 0.2) is 41.7 Å². The third-order valence-corrected chi connectivity index (χ3v) is 3.95. The molecule has 0 saturated carbocycles. The van der Waals surface area contributed by atoms with Crippen LogP contribution in [0.25, 0.3) is 0 Å². The lowest BCUT2D eigenvalue weighted by atomic mass is 10.1. The SMILES string of the molecule is CCNC(=NCC(C)Cn1cccn1)NCCc1ccc(F)cc1C.I. The summed E-state index contributed by atoms with van der Waals surface area (Å²) in [7, 11) is 0. The number of nitrogens with one attached hydrogen (secondary N) is 2. The van der Waals surface area contributed by atoms with E-state index >= 15 is 0 Å². The van der Waals surface area contributed by atoms with Crippen molar-refractivity contribution in [3.05, 3.63) is 53.6 Å². The van der Waals surface area contributed by atoms with Gasteiger partial charge in [-0.15, -0.1) is 24.0 Å². The molecule has 0 bridgehead atoms. The molecule has 0 saturated heterocycles. The third-order valence-electron chi connectivity index (χ3n) is 3.95. The second-order valence-corrected chi connectivity index (χ2v) is 6.30. The first-order chi connectivity index (χ1) is 12.1. The van der Waals surface area contributed by atoms with Crippen LogP contribution < -0.4 is 10.6 Å². The van der Waals surface area contributed by atoms with E-state index in [1.807, 2.05) is 29.9 Å². The molecule has 2 rings (SSSR count). The molecule has 1 atom stereocenters. The van der Waals surface area contributed by atoms with Crippen molar-refractivity contribution < 1.29 is 4.39 Å². The summed E-state index contributed by atoms with van der Waals surface area (Å²) in [6, 6.07) is 6.87. The van der Waals surface area contributed by atoms with Crippen LogP contribution in [0.2, 0.25) is 0 Å². The largest absolute Gasteiger partial charge is 0.357 e. The van der Waals surface area contributed by atoms with Gasteiger partial charge >= 0.3 is 0 Å². The lowest BCUT2D eigenvalue weighted by molar-refractivity contribution is 0.458. The first-order valence-corrected chi connectivity index (χ1v) is 8.83. The molecule has 1 unspecified atom stereocenters. The monoisotopic (exact) mass is 473 g/mol. The van der Waals surface area contributed by atoms with E-state index in [1.54, 1.807) is 12.3 Å². The number of rotatable bonds is 8. The van der Waals surface area contributed by atoms with Crippen LogP contribution in [0.4, 0.5) is 4.39 Å². The van der Waals surface area contributed by atoms with Crippen molar-refractivity contribution in [2.75, 3.05) is 19.6 Å². The lowest BCUT2D eigenvalue weighted by Crippen LogP contribution is -2.38. The molecule has 0 aliphatic carbocycles. The summed E-state index contributed by atoms with van der Waals surface area (Å²) in [6.45, 7) is 9.30. The van der Waals surface area contributed by atoms with Crippen molar-refractivity contribution in [3.8, 4) is 0 Å². The Morgan fingerprint density at radius 1 is 1.35 bits per heavy atom. The maximum Gasteiger partial charge on any atom is 0.191 e. The van der Waals surface area contributed by atoms with Gasteiger partial charge in [0.2, 0.25) is 0 Å². The van der Waals surface area contributed by atoms with E-state index in [-0.39, 0.29) is 29.8 Å². The Bertz CT molecular complexity index is 673. The van der Waals surface area contributed by atoms with E-state index in [0.717, 1.165) is 49.7 Å². The van der Waals surface area contributed by atoms with Crippen LogP contribution in [0, 0.1) is 18.7 Å². The maximum atomic E-state index is 13.2. The smallest absolute Gasteiger partial charge is 0.191 e. The van der Waals surface area contributed by atoms with Gasteiger partial charge in [0.05, 0.1) is 0 Å². The van der Waals surface area contributed by atoms with Crippen LogP contribution in [0.3, 0.4) is 0 Å². The molecular weight excluding hydrogens is 444 g/mol. The lowest BCUT2D eigenvalue weighted by Gasteiger charge is -2.14. The Balaban J connectivity index is 0.00000338. The zero-order valence-corrected chi connectivity index (χ0v) is 18.0. The average Bonchev–Trinajstić information content (AvgIpc) is 3.07. The molecule has 0 fully saturated rings. The normalized spacial score (nSPS) is 12.4. The molecule has 7 heteroatoms. The van der Waals surface area contributed by atoms with Crippen LogP contribution in [-0.2, 0) is 13.0 Å². The summed E-state index contributed by atoms with van der Waals surface area (Å²) < 4.78 is 15.1. The fourth-order valence-electron chi connectivity index (χ4n) is 2.63. The van der Waals surface area contributed by atoms with Gasteiger partial charge in [-0.05, 0) is 55.5 Å². The molecule has 5 nitrogen and oxygen atoms in total. The number of aryl methyl sites for hydroxylation is 1. The minimum absolute atomic E-state index is 0. The quantitative estimate of drug-likeness (QED) is 0.351. The topological polar surface area (TPSA) is 54.2 Å². The molecule has 1 heterocycles. The molecule has 0 aliphatic rings. The third kappa shape index (κ3) is 7.72. The van der Waals surface area contributed by atoms with Crippen LogP contribution >= 0.6 is 24.0 Å². The van der Waals surface area contributed by atoms with Gasteiger partial charge in [-0.1, -0.05) is 13.0 Å². The summed E-state index contributed by atoms with van der Waals surface area (Å²) in [6.07, 6.45) is 4.59. The number of aromatic nitrogens is 2. The van der Waals surface area contributed by atoms with Crippen molar-refractivity contribution in [1.82, 2.24) is 20.4 Å². The van der Waals surface area contributed by atoms with Gasteiger partial charge in [0.15, 0.2) is 5.96 Å². The molecule has 2 N–H and O–H groups in total. The highest BCUT2D eigenvalue weighted by atomic mass is 127. The molecule has 26 heavy (non-hydrogen) atoms. The summed E-state index contributed by atoms with van der Waals surface area (Å²) >= 11 is 0. The minimum atomic E-state index is -0.185. The fraction of sp³-hybridized carbons (Fsp3) is 0.474. The summed E-state index contributed by atoms with van der Waals surface area (Å²) in [5.41, 5.74) is 2.13. The first-order valence-electron chi connectivity index (χ1n) is 8.83. The predicted molar refractivity (Wildman–Crippen MR) is 116 cm³/mol. The Morgan fingerprint density at radius 3 is 2.81 bits per heavy atom. The molecule has 0 amide bonds. The number of hydrogen-bond acceptors (Lipinski definition) is 2. The summed E-state index contributed by atoms with van der Waals surface area (Å²) in [5.74, 6) is 1.03. The van der Waals surface area contributed by atoms with E-state index in [4.69, 9.17) is 0 Å². The Kier molecular flexibility index (Phi) is 10.2. The summed E-state index contributed by atoms with van der Waals surface area (Å²) in [4.78, 5) is 4.65. The highest BCUT2D eigenvalue weighted by Gasteiger charge is 2.05. The highest BCUT2D eigenvalue weighted by Crippen LogP contribution is 2.10. The average molecular weight is 473 g/mol. The molecule has 0 radical (unpaired) electrons. The van der Waals surface area contributed by atoms with E-state index in [1.165, 1.54) is 6.07 Å². The molecule has 2 aromatic rings. The fourth-order valence-corrected chi connectivity index (χ4v) is 2.63. The Hall–Kier alpha value is -1.64. The van der Waals surface area contributed by atoms with Gasteiger partial charge in [0, 0.05) is 38.6 Å². The number of aliphatic imine (C=N–C) groups is 1. The zero-order chi connectivity index (χ0) is 18.1. The number of hydrogen-bond donors (Lipinski definition) is 2. The Labute approximate surface area is 172 Å². The van der Waals surface area contributed by atoms with Crippen molar-refractivity contribution in [3.63, 3.8) is 0 Å².